The van der Waals surface area contributed by atoms with E-state index in [0.29, 0.717) is 16.3 Å². The summed E-state index contributed by atoms with van der Waals surface area (Å²) >= 11 is 7.54. The minimum atomic E-state index is -0.288. The van der Waals surface area contributed by atoms with E-state index in [-0.39, 0.29) is 5.82 Å². The molecule has 2 aromatic carbocycles. The van der Waals surface area contributed by atoms with Crippen LogP contribution in [-0.4, -0.2) is 12.1 Å². The Balaban J connectivity index is 1.91. The van der Waals surface area contributed by atoms with E-state index >= 15 is 0 Å². The van der Waals surface area contributed by atoms with Crippen molar-refractivity contribution in [2.24, 2.45) is 0 Å². The summed E-state index contributed by atoms with van der Waals surface area (Å²) < 4.78 is 19.1. The van der Waals surface area contributed by atoms with Crippen LogP contribution in [0.2, 0.25) is 5.02 Å². The van der Waals surface area contributed by atoms with Gasteiger partial charge in [-0.1, -0.05) is 17.7 Å². The van der Waals surface area contributed by atoms with Crippen molar-refractivity contribution in [3.63, 3.8) is 0 Å². The lowest BCUT2D eigenvalue weighted by atomic mass is 10.1. The Morgan fingerprint density at radius 2 is 2.04 bits per heavy atom. The number of rotatable bonds is 4. The third-order valence-electron chi connectivity index (χ3n) is 3.63. The van der Waals surface area contributed by atoms with Gasteiger partial charge in [-0.25, -0.2) is 9.37 Å². The van der Waals surface area contributed by atoms with Crippen LogP contribution in [0.5, 0.6) is 5.75 Å². The monoisotopic (exact) mass is 347 g/mol. The first-order chi connectivity index (χ1) is 11.1. The molecule has 0 bridgehead atoms. The minimum absolute atomic E-state index is 0.288. The molecule has 0 atom stereocenters. The highest BCUT2D eigenvalue weighted by atomic mass is 35.5. The van der Waals surface area contributed by atoms with Crippen molar-refractivity contribution in [1.29, 1.82) is 0 Å². The van der Waals surface area contributed by atoms with E-state index < -0.39 is 0 Å². The zero-order chi connectivity index (χ0) is 16.4. The zero-order valence-corrected chi connectivity index (χ0v) is 14.3. The summed E-state index contributed by atoms with van der Waals surface area (Å²) in [5.41, 5.74) is 2.50. The molecule has 3 rings (SSSR count). The molecular formula is C18H15ClFNOS. The molecule has 0 N–H and O–H groups in total. The summed E-state index contributed by atoms with van der Waals surface area (Å²) in [6, 6.07) is 12.6. The molecule has 0 saturated carbocycles. The summed E-state index contributed by atoms with van der Waals surface area (Å²) in [7, 11) is 1.63. The molecule has 0 aliphatic rings. The van der Waals surface area contributed by atoms with E-state index in [1.807, 2.05) is 31.2 Å². The Morgan fingerprint density at radius 1 is 1.22 bits per heavy atom. The number of halogens is 2. The van der Waals surface area contributed by atoms with Gasteiger partial charge in [-0.3, -0.25) is 0 Å². The molecule has 1 aromatic heterocycles. The Kier molecular flexibility index (Phi) is 4.74. The van der Waals surface area contributed by atoms with Crippen molar-refractivity contribution >= 4 is 34.3 Å². The highest BCUT2D eigenvalue weighted by Crippen LogP contribution is 2.30. The van der Waals surface area contributed by atoms with Crippen molar-refractivity contribution in [3.8, 4) is 5.75 Å². The first-order valence-corrected chi connectivity index (χ1v) is 8.46. The second kappa shape index (κ2) is 6.77. The van der Waals surface area contributed by atoms with E-state index in [1.165, 1.54) is 17.8 Å². The van der Waals surface area contributed by atoms with Crippen LogP contribution in [0, 0.1) is 12.7 Å². The van der Waals surface area contributed by atoms with Crippen LogP contribution < -0.4 is 4.74 Å². The van der Waals surface area contributed by atoms with Crippen molar-refractivity contribution in [3.05, 3.63) is 64.4 Å². The number of nitrogens with zero attached hydrogens (tertiary/aromatic N) is 1. The minimum Gasteiger partial charge on any atom is -0.497 e. The number of thioether (sulfide) groups is 1. The highest BCUT2D eigenvalue weighted by molar-refractivity contribution is 7.98. The second-order valence-electron chi connectivity index (χ2n) is 5.15. The molecule has 0 spiro atoms. The number of fused-ring (bicyclic) bond motifs is 1. The first kappa shape index (κ1) is 16.1. The van der Waals surface area contributed by atoms with Gasteiger partial charge in [0.15, 0.2) is 0 Å². The highest BCUT2D eigenvalue weighted by Gasteiger charge is 2.10. The van der Waals surface area contributed by atoms with Crippen LogP contribution >= 0.6 is 23.4 Å². The fraction of sp³-hybridized carbons (Fsp3) is 0.167. The lowest BCUT2D eigenvalue weighted by Gasteiger charge is -2.09. The van der Waals surface area contributed by atoms with Gasteiger partial charge >= 0.3 is 0 Å². The standard InChI is InChI=1S/C18H15ClFNOS/c1-11-8-18(21-17-9-12(22-2)6-7-13(11)17)23-10-14-15(19)4-3-5-16(14)20/h3-9H,10H2,1-2H3. The van der Waals surface area contributed by atoms with Crippen LogP contribution in [0.4, 0.5) is 4.39 Å². The van der Waals surface area contributed by atoms with Gasteiger partial charge in [0.1, 0.15) is 11.6 Å². The average Bonchev–Trinajstić information content (AvgIpc) is 2.54. The van der Waals surface area contributed by atoms with Crippen molar-refractivity contribution in [2.75, 3.05) is 7.11 Å². The summed E-state index contributed by atoms with van der Waals surface area (Å²) in [4.78, 5) is 4.64. The number of ether oxygens (including phenoxy) is 1. The second-order valence-corrected chi connectivity index (χ2v) is 6.55. The molecule has 23 heavy (non-hydrogen) atoms. The van der Waals surface area contributed by atoms with E-state index in [1.54, 1.807) is 19.2 Å². The molecule has 0 fully saturated rings. The fourth-order valence-corrected chi connectivity index (χ4v) is 3.69. The van der Waals surface area contributed by atoms with E-state index in [2.05, 4.69) is 4.98 Å². The van der Waals surface area contributed by atoms with Gasteiger partial charge in [-0.2, -0.15) is 0 Å². The van der Waals surface area contributed by atoms with Gasteiger partial charge in [-0.05, 0) is 42.8 Å². The molecule has 2 nitrogen and oxygen atoms in total. The predicted molar refractivity (Wildman–Crippen MR) is 94.0 cm³/mol. The third-order valence-corrected chi connectivity index (χ3v) is 4.92. The van der Waals surface area contributed by atoms with E-state index in [4.69, 9.17) is 16.3 Å². The number of aryl methyl sites for hydroxylation is 1. The molecule has 0 saturated heterocycles. The van der Waals surface area contributed by atoms with Crippen LogP contribution in [-0.2, 0) is 5.75 Å². The quantitative estimate of drug-likeness (QED) is 0.570. The molecule has 0 aliphatic heterocycles. The third kappa shape index (κ3) is 3.43. The Hall–Kier alpha value is -1.78. The van der Waals surface area contributed by atoms with Crippen LogP contribution in [0.25, 0.3) is 10.9 Å². The Bertz CT molecular complexity index is 849. The topological polar surface area (TPSA) is 22.1 Å². The molecule has 0 amide bonds. The van der Waals surface area contributed by atoms with E-state index in [0.717, 1.165) is 27.2 Å². The number of hydrogen-bond acceptors (Lipinski definition) is 3. The van der Waals surface area contributed by atoms with Gasteiger partial charge < -0.3 is 4.74 Å². The van der Waals surface area contributed by atoms with Gasteiger partial charge in [-0.15, -0.1) is 11.8 Å². The van der Waals surface area contributed by atoms with Crippen molar-refractivity contribution < 1.29 is 9.13 Å². The summed E-state index contributed by atoms with van der Waals surface area (Å²) in [6.45, 7) is 2.04. The Labute approximate surface area is 143 Å². The summed E-state index contributed by atoms with van der Waals surface area (Å²) in [6.07, 6.45) is 0. The molecular weight excluding hydrogens is 333 g/mol. The maximum Gasteiger partial charge on any atom is 0.128 e. The van der Waals surface area contributed by atoms with Gasteiger partial charge in [0.05, 0.1) is 17.7 Å². The SMILES string of the molecule is COc1ccc2c(C)cc(SCc3c(F)cccc3Cl)nc2c1. The molecule has 3 aromatic rings. The number of pyridine rings is 1. The predicted octanol–water partition coefficient (Wildman–Crippen LogP) is 5.64. The molecule has 0 radical (unpaired) electrons. The molecule has 0 aliphatic carbocycles. The van der Waals surface area contributed by atoms with Gasteiger partial charge in [0.2, 0.25) is 0 Å². The maximum atomic E-state index is 13.8. The zero-order valence-electron chi connectivity index (χ0n) is 12.8. The smallest absolute Gasteiger partial charge is 0.128 e. The number of aromatic nitrogens is 1. The molecule has 118 valence electrons. The van der Waals surface area contributed by atoms with Crippen LogP contribution in [0.15, 0.2) is 47.5 Å². The van der Waals surface area contributed by atoms with Gasteiger partial charge in [0.25, 0.3) is 0 Å². The number of methoxy groups -OCH3 is 1. The van der Waals surface area contributed by atoms with Crippen LogP contribution in [0.3, 0.4) is 0 Å². The van der Waals surface area contributed by atoms with Crippen LogP contribution in [0.1, 0.15) is 11.1 Å². The maximum absolute atomic E-state index is 13.8. The molecule has 1 heterocycles. The molecule has 5 heteroatoms. The number of benzene rings is 2. The van der Waals surface area contributed by atoms with Crippen molar-refractivity contribution in [2.45, 2.75) is 17.7 Å². The average molecular weight is 348 g/mol. The van der Waals surface area contributed by atoms with Crippen molar-refractivity contribution in [1.82, 2.24) is 4.98 Å². The first-order valence-electron chi connectivity index (χ1n) is 7.09. The largest absolute Gasteiger partial charge is 0.497 e. The Morgan fingerprint density at radius 3 is 2.78 bits per heavy atom. The number of hydrogen-bond donors (Lipinski definition) is 0. The van der Waals surface area contributed by atoms with Gasteiger partial charge in [0, 0.05) is 27.8 Å². The lowest BCUT2D eigenvalue weighted by Crippen LogP contribution is -1.92. The summed E-state index contributed by atoms with van der Waals surface area (Å²) in [5, 5.41) is 2.36. The summed E-state index contributed by atoms with van der Waals surface area (Å²) in [5.74, 6) is 0.917. The molecule has 0 unspecified atom stereocenters. The lowest BCUT2D eigenvalue weighted by molar-refractivity contribution is 0.415. The normalized spacial score (nSPS) is 11.0. The fourth-order valence-electron chi connectivity index (χ4n) is 2.37. The van der Waals surface area contributed by atoms with E-state index in [9.17, 15) is 4.39 Å².